The topological polar surface area (TPSA) is 69.9 Å². The average molecular weight is 319 g/mol. The summed E-state index contributed by atoms with van der Waals surface area (Å²) in [5, 5.41) is 10.3. The van der Waals surface area contributed by atoms with E-state index in [-0.39, 0.29) is 12.0 Å². The molecule has 2 aromatic rings. The molecule has 0 amide bonds. The van der Waals surface area contributed by atoms with Crippen molar-refractivity contribution in [1.29, 1.82) is 0 Å². The van der Waals surface area contributed by atoms with Crippen molar-refractivity contribution >= 4 is 16.9 Å². The van der Waals surface area contributed by atoms with Gasteiger partial charge >= 0.3 is 5.97 Å². The minimum absolute atomic E-state index is 0.168. The predicted octanol–water partition coefficient (Wildman–Crippen LogP) is 2.89. The van der Waals surface area contributed by atoms with Gasteiger partial charge in [0.1, 0.15) is 11.4 Å². The van der Waals surface area contributed by atoms with Crippen molar-refractivity contribution in [3.05, 3.63) is 30.0 Å². The van der Waals surface area contributed by atoms with Gasteiger partial charge < -0.3 is 23.9 Å². The van der Waals surface area contributed by atoms with E-state index in [1.807, 2.05) is 18.2 Å². The van der Waals surface area contributed by atoms with Gasteiger partial charge in [0, 0.05) is 24.1 Å². The molecule has 3 rings (SSSR count). The molecule has 0 bridgehead atoms. The zero-order chi connectivity index (χ0) is 16.2. The molecule has 1 aliphatic rings. The third-order valence-corrected chi connectivity index (χ3v) is 4.08. The van der Waals surface area contributed by atoms with Gasteiger partial charge in [0.05, 0.1) is 13.7 Å². The van der Waals surface area contributed by atoms with Crippen molar-refractivity contribution in [3.8, 4) is 5.75 Å². The molecule has 124 valence electrons. The highest BCUT2D eigenvalue weighted by Crippen LogP contribution is 2.25. The number of hydrogen-bond acceptors (Lipinski definition) is 4. The van der Waals surface area contributed by atoms with Crippen LogP contribution >= 0.6 is 0 Å². The van der Waals surface area contributed by atoms with E-state index in [1.54, 1.807) is 17.7 Å². The quantitative estimate of drug-likeness (QED) is 0.886. The fourth-order valence-electron chi connectivity index (χ4n) is 2.91. The van der Waals surface area contributed by atoms with Gasteiger partial charge in [-0.25, -0.2) is 4.79 Å². The second kappa shape index (κ2) is 7.02. The maximum absolute atomic E-state index is 11.5. The van der Waals surface area contributed by atoms with Crippen LogP contribution in [0.5, 0.6) is 5.75 Å². The summed E-state index contributed by atoms with van der Waals surface area (Å²) in [6, 6.07) is 7.20. The van der Waals surface area contributed by atoms with Crippen LogP contribution in [0.25, 0.3) is 10.9 Å². The van der Waals surface area contributed by atoms with Crippen molar-refractivity contribution in [2.45, 2.75) is 32.1 Å². The molecule has 2 heterocycles. The first kappa shape index (κ1) is 15.8. The number of carboxylic acids is 1. The van der Waals surface area contributed by atoms with Crippen LogP contribution in [0.3, 0.4) is 0 Å². The molecule has 1 fully saturated rings. The predicted molar refractivity (Wildman–Crippen MR) is 85.0 cm³/mol. The molecule has 1 N–H and O–H groups in total. The number of fused-ring (bicyclic) bond motifs is 1. The second-order valence-corrected chi connectivity index (χ2v) is 5.58. The van der Waals surface area contributed by atoms with Crippen molar-refractivity contribution in [1.82, 2.24) is 4.57 Å². The molecule has 0 spiro atoms. The van der Waals surface area contributed by atoms with Crippen LogP contribution in [0, 0.1) is 0 Å². The van der Waals surface area contributed by atoms with E-state index in [2.05, 4.69) is 0 Å². The minimum Gasteiger partial charge on any atom is -0.497 e. The molecule has 1 aromatic heterocycles. The highest BCUT2D eigenvalue weighted by Gasteiger charge is 2.17. The Bertz CT molecular complexity index is 688. The van der Waals surface area contributed by atoms with E-state index >= 15 is 0 Å². The van der Waals surface area contributed by atoms with E-state index in [9.17, 15) is 9.90 Å². The fraction of sp³-hybridized carbons (Fsp3) is 0.471. The lowest BCUT2D eigenvalue weighted by Gasteiger charge is -2.23. The lowest BCUT2D eigenvalue weighted by molar-refractivity contribution is -0.163. The van der Waals surface area contributed by atoms with Gasteiger partial charge in [-0.1, -0.05) is 0 Å². The fourth-order valence-corrected chi connectivity index (χ4v) is 2.91. The molecule has 0 radical (unpaired) electrons. The van der Waals surface area contributed by atoms with E-state index < -0.39 is 5.97 Å². The van der Waals surface area contributed by atoms with Gasteiger partial charge in [0.2, 0.25) is 0 Å². The number of hydrogen-bond donors (Lipinski definition) is 1. The molecule has 1 aromatic carbocycles. The maximum Gasteiger partial charge on any atom is 0.352 e. The normalized spacial score (nSPS) is 18.2. The van der Waals surface area contributed by atoms with Gasteiger partial charge in [-0.05, 0) is 43.5 Å². The molecule has 0 saturated carbocycles. The molecule has 6 heteroatoms. The van der Waals surface area contributed by atoms with Crippen molar-refractivity contribution in [3.63, 3.8) is 0 Å². The number of carboxylic acid groups (broad SMARTS) is 1. The number of aromatic carboxylic acids is 1. The first-order chi connectivity index (χ1) is 11.2. The summed E-state index contributed by atoms with van der Waals surface area (Å²) in [5.41, 5.74) is 1.11. The number of aromatic nitrogens is 1. The minimum atomic E-state index is -0.950. The third kappa shape index (κ3) is 3.48. The summed E-state index contributed by atoms with van der Waals surface area (Å²) in [6.07, 6.45) is 2.92. The van der Waals surface area contributed by atoms with Crippen LogP contribution in [0.15, 0.2) is 24.3 Å². The van der Waals surface area contributed by atoms with E-state index in [4.69, 9.17) is 14.2 Å². The molecule has 1 unspecified atom stereocenters. The third-order valence-electron chi connectivity index (χ3n) is 4.08. The van der Waals surface area contributed by atoms with Crippen molar-refractivity contribution in [2.75, 3.05) is 20.3 Å². The van der Waals surface area contributed by atoms with Gasteiger partial charge in [0.15, 0.2) is 6.29 Å². The molecule has 1 aliphatic heterocycles. The Kier molecular flexibility index (Phi) is 4.83. The Morgan fingerprint density at radius 3 is 2.96 bits per heavy atom. The highest BCUT2D eigenvalue weighted by atomic mass is 16.7. The lowest BCUT2D eigenvalue weighted by atomic mass is 10.2. The van der Waals surface area contributed by atoms with Crippen LogP contribution in [0.1, 0.15) is 29.8 Å². The van der Waals surface area contributed by atoms with Gasteiger partial charge in [-0.3, -0.25) is 0 Å². The number of ether oxygens (including phenoxy) is 3. The molecular formula is C17H21NO5. The largest absolute Gasteiger partial charge is 0.497 e. The molecule has 1 saturated heterocycles. The number of nitrogens with zero attached hydrogens (tertiary/aromatic N) is 1. The van der Waals surface area contributed by atoms with Gasteiger partial charge in [0.25, 0.3) is 0 Å². The summed E-state index contributed by atoms with van der Waals surface area (Å²) < 4.78 is 18.2. The maximum atomic E-state index is 11.5. The summed E-state index contributed by atoms with van der Waals surface area (Å²) in [7, 11) is 1.59. The summed E-state index contributed by atoms with van der Waals surface area (Å²) in [5.74, 6) is -0.243. The smallest absolute Gasteiger partial charge is 0.352 e. The SMILES string of the molecule is COc1ccc2c(c1)cc(C(=O)O)n2CCOC1CCCCO1. The summed E-state index contributed by atoms with van der Waals surface area (Å²) in [4.78, 5) is 11.5. The Morgan fingerprint density at radius 1 is 1.39 bits per heavy atom. The number of methoxy groups -OCH3 is 1. The molecule has 6 nitrogen and oxygen atoms in total. The lowest BCUT2D eigenvalue weighted by Crippen LogP contribution is -2.24. The van der Waals surface area contributed by atoms with E-state index in [0.717, 1.165) is 36.8 Å². The van der Waals surface area contributed by atoms with Gasteiger partial charge in [-0.15, -0.1) is 0 Å². The monoisotopic (exact) mass is 319 g/mol. The zero-order valence-corrected chi connectivity index (χ0v) is 13.2. The Hall–Kier alpha value is -2.05. The number of rotatable bonds is 6. The van der Waals surface area contributed by atoms with Crippen molar-refractivity contribution in [2.24, 2.45) is 0 Å². The Labute approximate surface area is 134 Å². The molecule has 1 atom stereocenters. The number of carbonyl (C=O) groups is 1. The van der Waals surface area contributed by atoms with Gasteiger partial charge in [-0.2, -0.15) is 0 Å². The van der Waals surface area contributed by atoms with E-state index in [0.29, 0.717) is 18.9 Å². The highest BCUT2D eigenvalue weighted by molar-refractivity contribution is 5.95. The van der Waals surface area contributed by atoms with Crippen LogP contribution in [0.4, 0.5) is 0 Å². The Morgan fingerprint density at radius 2 is 2.26 bits per heavy atom. The van der Waals surface area contributed by atoms with E-state index in [1.165, 1.54) is 0 Å². The van der Waals surface area contributed by atoms with Crippen LogP contribution in [-0.2, 0) is 16.0 Å². The molecular weight excluding hydrogens is 298 g/mol. The summed E-state index contributed by atoms with van der Waals surface area (Å²) >= 11 is 0. The Balaban J connectivity index is 1.77. The summed E-state index contributed by atoms with van der Waals surface area (Å²) in [6.45, 7) is 1.62. The first-order valence-electron chi connectivity index (χ1n) is 7.83. The standard InChI is InChI=1S/C17H21NO5/c1-21-13-5-6-14-12(10-13)11-15(17(19)20)18(14)7-9-23-16-4-2-3-8-22-16/h5-6,10-11,16H,2-4,7-9H2,1H3,(H,19,20). The van der Waals surface area contributed by atoms with Crippen LogP contribution in [0.2, 0.25) is 0 Å². The van der Waals surface area contributed by atoms with Crippen molar-refractivity contribution < 1.29 is 24.1 Å². The molecule has 0 aliphatic carbocycles. The van der Waals surface area contributed by atoms with Crippen LogP contribution in [-0.4, -0.2) is 42.3 Å². The first-order valence-corrected chi connectivity index (χ1v) is 7.83. The molecule has 23 heavy (non-hydrogen) atoms. The average Bonchev–Trinajstić information content (AvgIpc) is 2.94. The van der Waals surface area contributed by atoms with Crippen LogP contribution < -0.4 is 4.74 Å². The zero-order valence-electron chi connectivity index (χ0n) is 13.2. The second-order valence-electron chi connectivity index (χ2n) is 5.58. The number of benzene rings is 1.